The number of ether oxygens (including phenoxy) is 1. The molecule has 1 heterocycles. The number of allylic oxidation sites excluding steroid dienone is 1. The van der Waals surface area contributed by atoms with Crippen LogP contribution in [-0.4, -0.2) is 24.2 Å². The molecule has 7 heteroatoms. The minimum atomic E-state index is -0.675. The van der Waals surface area contributed by atoms with Gasteiger partial charge in [0.1, 0.15) is 11.4 Å². The molecular weight excluding hydrogens is 334 g/mol. The minimum absolute atomic E-state index is 0.104. The number of alkyl carbamates (subject to hydrolysis) is 1. The predicted molar refractivity (Wildman–Crippen MR) is 96.4 cm³/mol. The fraction of sp³-hybridized carbons (Fsp3) is 0.158. The molecule has 26 heavy (non-hydrogen) atoms. The number of anilines is 1. The van der Waals surface area contributed by atoms with Crippen molar-refractivity contribution >= 4 is 17.7 Å². The third-order valence-corrected chi connectivity index (χ3v) is 4.13. The summed E-state index contributed by atoms with van der Waals surface area (Å²) < 4.78 is 4.59. The Bertz CT molecular complexity index is 892. The summed E-state index contributed by atoms with van der Waals surface area (Å²) in [7, 11) is 1.24. The lowest BCUT2D eigenvalue weighted by molar-refractivity contribution is -0.113. The van der Waals surface area contributed by atoms with Crippen molar-refractivity contribution in [2.24, 2.45) is 0 Å². The number of para-hydroxylation sites is 2. The molecule has 0 bridgehead atoms. The van der Waals surface area contributed by atoms with Crippen LogP contribution in [-0.2, 0) is 9.53 Å². The number of benzene rings is 2. The molecule has 134 valence electrons. The molecule has 1 atom stereocenters. The Labute approximate surface area is 150 Å². The molecule has 7 nitrogen and oxygen atoms in total. The molecule has 4 N–H and O–H groups in total. The van der Waals surface area contributed by atoms with Crippen molar-refractivity contribution in [3.63, 3.8) is 0 Å². The number of fused-ring (bicyclic) bond motifs is 1. The summed E-state index contributed by atoms with van der Waals surface area (Å²) in [6.07, 6.45) is -0.675. The second-order valence-corrected chi connectivity index (χ2v) is 5.79. The summed E-state index contributed by atoms with van der Waals surface area (Å²) in [5.41, 5.74) is 2.52. The molecule has 0 saturated heterocycles. The molecule has 1 unspecified atom stereocenters. The number of amides is 2. The van der Waals surface area contributed by atoms with E-state index in [0.717, 1.165) is 5.56 Å². The lowest BCUT2D eigenvalue weighted by Crippen LogP contribution is -2.32. The van der Waals surface area contributed by atoms with E-state index in [0.29, 0.717) is 16.9 Å². The highest BCUT2D eigenvalue weighted by Gasteiger charge is 2.29. The minimum Gasteiger partial charge on any atom is -0.508 e. The number of aromatic hydroxyl groups is 1. The third-order valence-electron chi connectivity index (χ3n) is 4.13. The van der Waals surface area contributed by atoms with Crippen LogP contribution < -0.4 is 16.0 Å². The van der Waals surface area contributed by atoms with Crippen molar-refractivity contribution in [3.05, 3.63) is 71.1 Å². The maximum absolute atomic E-state index is 12.7. The van der Waals surface area contributed by atoms with Gasteiger partial charge in [0.2, 0.25) is 0 Å². The fourth-order valence-corrected chi connectivity index (χ4v) is 2.86. The molecule has 0 saturated carbocycles. The van der Waals surface area contributed by atoms with Gasteiger partial charge in [-0.25, -0.2) is 4.79 Å². The number of phenolic OH excluding ortho intramolecular Hbond substituents is 1. The van der Waals surface area contributed by atoms with E-state index in [1.807, 2.05) is 24.3 Å². The lowest BCUT2D eigenvalue weighted by Gasteiger charge is -2.22. The van der Waals surface area contributed by atoms with Crippen molar-refractivity contribution in [1.29, 1.82) is 0 Å². The van der Waals surface area contributed by atoms with Crippen molar-refractivity contribution < 1.29 is 19.4 Å². The number of nitrogens with one attached hydrogen (secondary N) is 3. The number of carbonyl (C=O) groups is 2. The van der Waals surface area contributed by atoms with Gasteiger partial charge in [0.25, 0.3) is 5.91 Å². The van der Waals surface area contributed by atoms with Gasteiger partial charge in [0, 0.05) is 22.5 Å². The van der Waals surface area contributed by atoms with Crippen LogP contribution in [0.3, 0.4) is 0 Å². The number of hydrogen-bond acceptors (Lipinski definition) is 5. The molecule has 2 amide bonds. The van der Waals surface area contributed by atoms with Gasteiger partial charge in [-0.05, 0) is 19.1 Å². The Morgan fingerprint density at radius 3 is 2.46 bits per heavy atom. The number of hydrogen-bond donors (Lipinski definition) is 4. The van der Waals surface area contributed by atoms with E-state index in [9.17, 15) is 14.7 Å². The lowest BCUT2D eigenvalue weighted by atomic mass is 9.96. The maximum atomic E-state index is 12.7. The van der Waals surface area contributed by atoms with Gasteiger partial charge < -0.3 is 20.5 Å². The zero-order valence-electron chi connectivity index (χ0n) is 14.4. The second-order valence-electron chi connectivity index (χ2n) is 5.79. The first-order valence-corrected chi connectivity index (χ1v) is 8.01. The van der Waals surface area contributed by atoms with Crippen molar-refractivity contribution in [2.45, 2.75) is 13.0 Å². The van der Waals surface area contributed by atoms with E-state index in [1.165, 1.54) is 7.11 Å². The molecule has 0 radical (unpaired) electrons. The summed E-state index contributed by atoms with van der Waals surface area (Å²) in [4.78, 5) is 24.2. The Hall–Kier alpha value is -3.48. The standard InChI is InChI=1S/C19H19N3O4/c1-11(20-19(25)26-2)16-18(24)21-14-9-5-3-7-12(14)17(22-16)13-8-4-6-10-15(13)23/h3-10,17,22-23H,1-2H3,(H,20,25)(H,21,24). The van der Waals surface area contributed by atoms with E-state index >= 15 is 0 Å². The number of rotatable bonds is 2. The van der Waals surface area contributed by atoms with Crippen LogP contribution >= 0.6 is 0 Å². The smallest absolute Gasteiger partial charge is 0.411 e. The average Bonchev–Trinajstić information content (AvgIpc) is 2.78. The van der Waals surface area contributed by atoms with Crippen LogP contribution in [0.15, 0.2) is 59.9 Å². The summed E-state index contributed by atoms with van der Waals surface area (Å²) in [6, 6.07) is 13.7. The van der Waals surface area contributed by atoms with Crippen LogP contribution in [0.25, 0.3) is 0 Å². The average molecular weight is 353 g/mol. The van der Waals surface area contributed by atoms with Crippen LogP contribution in [0, 0.1) is 0 Å². The quantitative estimate of drug-likeness (QED) is 0.622. The molecule has 1 aliphatic heterocycles. The first-order valence-electron chi connectivity index (χ1n) is 8.01. The molecular formula is C19H19N3O4. The van der Waals surface area contributed by atoms with E-state index < -0.39 is 18.0 Å². The Balaban J connectivity index is 2.12. The fourth-order valence-electron chi connectivity index (χ4n) is 2.86. The number of methoxy groups -OCH3 is 1. The molecule has 3 rings (SSSR count). The molecule has 0 fully saturated rings. The van der Waals surface area contributed by atoms with Gasteiger partial charge in [-0.1, -0.05) is 36.4 Å². The van der Waals surface area contributed by atoms with Crippen molar-refractivity contribution in [1.82, 2.24) is 10.6 Å². The Kier molecular flexibility index (Phi) is 4.79. The maximum Gasteiger partial charge on any atom is 0.411 e. The summed E-state index contributed by atoms with van der Waals surface area (Å²) >= 11 is 0. The Morgan fingerprint density at radius 1 is 1.12 bits per heavy atom. The Morgan fingerprint density at radius 2 is 1.77 bits per heavy atom. The van der Waals surface area contributed by atoms with Crippen LogP contribution in [0.2, 0.25) is 0 Å². The zero-order valence-corrected chi connectivity index (χ0v) is 14.4. The number of carbonyl (C=O) groups excluding carboxylic acids is 2. The summed E-state index contributed by atoms with van der Waals surface area (Å²) in [5, 5.41) is 18.8. The largest absolute Gasteiger partial charge is 0.508 e. The number of phenols is 1. The van der Waals surface area contributed by atoms with E-state index in [-0.39, 0.29) is 11.4 Å². The van der Waals surface area contributed by atoms with Crippen LogP contribution in [0.4, 0.5) is 10.5 Å². The molecule has 2 aromatic rings. The van der Waals surface area contributed by atoms with Crippen LogP contribution in [0.1, 0.15) is 24.1 Å². The van der Waals surface area contributed by atoms with Crippen LogP contribution in [0.5, 0.6) is 5.75 Å². The van der Waals surface area contributed by atoms with E-state index in [1.54, 1.807) is 31.2 Å². The van der Waals surface area contributed by atoms with E-state index in [4.69, 9.17) is 0 Å². The van der Waals surface area contributed by atoms with E-state index in [2.05, 4.69) is 20.7 Å². The highest BCUT2D eigenvalue weighted by Crippen LogP contribution is 2.35. The summed E-state index contributed by atoms with van der Waals surface area (Å²) in [6.45, 7) is 1.59. The van der Waals surface area contributed by atoms with Gasteiger partial charge >= 0.3 is 6.09 Å². The van der Waals surface area contributed by atoms with Gasteiger partial charge in [0.05, 0.1) is 13.2 Å². The molecule has 0 aliphatic carbocycles. The highest BCUT2D eigenvalue weighted by molar-refractivity contribution is 6.05. The van der Waals surface area contributed by atoms with Crippen molar-refractivity contribution in [2.75, 3.05) is 12.4 Å². The second kappa shape index (κ2) is 7.18. The van der Waals surface area contributed by atoms with Gasteiger partial charge in [-0.3, -0.25) is 10.1 Å². The first kappa shape index (κ1) is 17.3. The predicted octanol–water partition coefficient (Wildman–Crippen LogP) is 2.61. The third kappa shape index (κ3) is 3.32. The topological polar surface area (TPSA) is 99.7 Å². The SMILES string of the molecule is COC(=O)NC(C)=C1NC(c2ccccc2O)c2ccccc2NC1=O. The van der Waals surface area contributed by atoms with Gasteiger partial charge in [-0.15, -0.1) is 0 Å². The van der Waals surface area contributed by atoms with Gasteiger partial charge in [0.15, 0.2) is 0 Å². The molecule has 0 spiro atoms. The monoisotopic (exact) mass is 353 g/mol. The summed E-state index contributed by atoms with van der Waals surface area (Å²) in [5.74, 6) is -0.295. The zero-order chi connectivity index (χ0) is 18.7. The first-order chi connectivity index (χ1) is 12.5. The molecule has 2 aromatic carbocycles. The van der Waals surface area contributed by atoms with Crippen molar-refractivity contribution in [3.8, 4) is 5.75 Å². The molecule has 0 aromatic heterocycles. The highest BCUT2D eigenvalue weighted by atomic mass is 16.5. The van der Waals surface area contributed by atoms with Gasteiger partial charge in [-0.2, -0.15) is 0 Å². The normalized spacial score (nSPS) is 17.9. The molecule has 1 aliphatic rings.